The number of anilines is 1. The Bertz CT molecular complexity index is 1530. The van der Waals surface area contributed by atoms with Crippen molar-refractivity contribution in [1.82, 2.24) is 10.2 Å². The van der Waals surface area contributed by atoms with Crippen molar-refractivity contribution in [2.45, 2.75) is 75.4 Å². The molecule has 2 amide bonds. The van der Waals surface area contributed by atoms with Gasteiger partial charge in [-0.2, -0.15) is 0 Å². The van der Waals surface area contributed by atoms with E-state index >= 15 is 0 Å². The van der Waals surface area contributed by atoms with Gasteiger partial charge in [0, 0.05) is 41.0 Å². The van der Waals surface area contributed by atoms with E-state index in [0.29, 0.717) is 38.0 Å². The number of benzene rings is 3. The molecule has 10 heteroatoms. The van der Waals surface area contributed by atoms with E-state index in [2.05, 4.69) is 5.32 Å². The molecule has 212 valence electrons. The molecule has 1 atom stereocenters. The van der Waals surface area contributed by atoms with Crippen LogP contribution in [0.5, 0.6) is 0 Å². The second-order valence-electron chi connectivity index (χ2n) is 10.6. The summed E-state index contributed by atoms with van der Waals surface area (Å²) in [4.78, 5) is 28.7. The van der Waals surface area contributed by atoms with E-state index in [1.54, 1.807) is 43.3 Å². The summed E-state index contributed by atoms with van der Waals surface area (Å²) >= 11 is 12.5. The van der Waals surface area contributed by atoms with Crippen LogP contribution < -0.4 is 9.62 Å². The minimum Gasteiger partial charge on any atom is -0.352 e. The Labute approximate surface area is 245 Å². The van der Waals surface area contributed by atoms with Crippen molar-refractivity contribution in [2.75, 3.05) is 10.8 Å². The first-order valence-electron chi connectivity index (χ1n) is 13.7. The minimum absolute atomic E-state index is 0.0740. The van der Waals surface area contributed by atoms with Crippen LogP contribution in [0.2, 0.25) is 10.0 Å². The van der Waals surface area contributed by atoms with Gasteiger partial charge in [0.1, 0.15) is 6.04 Å². The van der Waals surface area contributed by atoms with Gasteiger partial charge in [0.05, 0.1) is 10.6 Å². The second-order valence-corrected chi connectivity index (χ2v) is 13.3. The number of nitrogens with zero attached hydrogens (tertiary/aromatic N) is 2. The Balaban J connectivity index is 1.31. The summed E-state index contributed by atoms with van der Waals surface area (Å²) in [6.45, 7) is 2.02. The van der Waals surface area contributed by atoms with Crippen LogP contribution in [0.25, 0.3) is 10.8 Å². The Morgan fingerprint density at radius 2 is 1.77 bits per heavy atom. The molecule has 0 radical (unpaired) electrons. The first kappa shape index (κ1) is 28.7. The van der Waals surface area contributed by atoms with Gasteiger partial charge < -0.3 is 10.2 Å². The maximum atomic E-state index is 13.6. The van der Waals surface area contributed by atoms with Gasteiger partial charge in [-0.1, -0.05) is 72.8 Å². The molecule has 1 N–H and O–H groups in total. The quantitative estimate of drug-likeness (QED) is 0.312. The first-order valence-corrected chi connectivity index (χ1v) is 15.9. The lowest BCUT2D eigenvalue weighted by atomic mass is 9.95. The monoisotopic (exact) mass is 601 g/mol. The fourth-order valence-electron chi connectivity index (χ4n) is 5.70. The predicted molar refractivity (Wildman–Crippen MR) is 159 cm³/mol. The number of hydrogen-bond donors (Lipinski definition) is 1. The highest BCUT2D eigenvalue weighted by atomic mass is 35.5. The Morgan fingerprint density at radius 1 is 1.05 bits per heavy atom. The Hall–Kier alpha value is -2.81. The van der Waals surface area contributed by atoms with Gasteiger partial charge in [0.25, 0.3) is 10.0 Å². The molecule has 1 heterocycles. The van der Waals surface area contributed by atoms with Crippen molar-refractivity contribution in [2.24, 2.45) is 0 Å². The molecule has 3 aromatic carbocycles. The van der Waals surface area contributed by atoms with Gasteiger partial charge in [0.2, 0.25) is 11.8 Å². The van der Waals surface area contributed by atoms with Crippen molar-refractivity contribution in [3.05, 3.63) is 70.2 Å². The van der Waals surface area contributed by atoms with E-state index in [9.17, 15) is 18.0 Å². The number of carbonyl (C=O) groups excluding carboxylic acids is 2. The van der Waals surface area contributed by atoms with Crippen LogP contribution in [-0.4, -0.2) is 43.8 Å². The summed E-state index contributed by atoms with van der Waals surface area (Å²) in [7, 11) is -3.71. The van der Waals surface area contributed by atoms with Crippen LogP contribution in [0.15, 0.2) is 59.5 Å². The Kier molecular flexibility index (Phi) is 8.59. The lowest BCUT2D eigenvalue weighted by molar-refractivity contribution is -0.141. The third-order valence-electron chi connectivity index (χ3n) is 7.91. The summed E-state index contributed by atoms with van der Waals surface area (Å²) in [5, 5.41) is 5.60. The fourth-order valence-corrected chi connectivity index (χ4v) is 7.92. The van der Waals surface area contributed by atoms with Gasteiger partial charge in [0.15, 0.2) is 0 Å². The van der Waals surface area contributed by atoms with E-state index in [4.69, 9.17) is 23.2 Å². The topological polar surface area (TPSA) is 86.8 Å². The molecule has 1 fully saturated rings. The SMILES string of the molecule is C[C@@H](C(=O)NC1CCCCC1)N(Cc1ccc(Cl)cc1Cl)C(=O)CCCN1c2cccc3cccc(c23)S1(=O)=O. The summed E-state index contributed by atoms with van der Waals surface area (Å²) < 4.78 is 28.0. The Morgan fingerprint density at radius 3 is 2.50 bits per heavy atom. The summed E-state index contributed by atoms with van der Waals surface area (Å²) in [6.07, 6.45) is 5.59. The molecule has 1 aliphatic heterocycles. The average molecular weight is 603 g/mol. The van der Waals surface area contributed by atoms with Crippen molar-refractivity contribution >= 4 is 61.5 Å². The maximum absolute atomic E-state index is 13.6. The molecule has 0 aromatic heterocycles. The summed E-state index contributed by atoms with van der Waals surface area (Å²) in [5.74, 6) is -0.445. The molecule has 0 spiro atoms. The van der Waals surface area contributed by atoms with E-state index in [-0.39, 0.29) is 37.4 Å². The van der Waals surface area contributed by atoms with Crippen LogP contribution in [0.1, 0.15) is 57.4 Å². The summed E-state index contributed by atoms with van der Waals surface area (Å²) in [5.41, 5.74) is 1.31. The number of sulfonamides is 1. The lowest BCUT2D eigenvalue weighted by Gasteiger charge is -2.31. The molecule has 3 aromatic rings. The van der Waals surface area contributed by atoms with Crippen LogP contribution in [0, 0.1) is 0 Å². The lowest BCUT2D eigenvalue weighted by Crippen LogP contribution is -2.50. The standard InChI is InChI=1S/C30H33Cl2N3O4S/c1-20(30(37)33-24-10-3-2-4-11-24)34(19-22-15-16-23(31)18-25(22)32)28(36)14-7-17-35-26-12-5-8-21-9-6-13-27(29(21)26)40(35,38)39/h5-6,8-9,12-13,15-16,18,20,24H,2-4,7,10-11,14,17,19H2,1H3,(H,33,37)/t20-/m0/s1. The molecule has 0 unspecified atom stereocenters. The van der Waals surface area contributed by atoms with Crippen molar-refractivity contribution < 1.29 is 18.0 Å². The molecule has 0 saturated heterocycles. The minimum atomic E-state index is -3.71. The zero-order valence-electron chi connectivity index (χ0n) is 22.4. The van der Waals surface area contributed by atoms with Gasteiger partial charge in [-0.15, -0.1) is 0 Å². The molecule has 7 nitrogen and oxygen atoms in total. The zero-order chi connectivity index (χ0) is 28.4. The van der Waals surface area contributed by atoms with Crippen LogP contribution >= 0.6 is 23.2 Å². The first-order chi connectivity index (χ1) is 19.2. The predicted octanol–water partition coefficient (Wildman–Crippen LogP) is 6.30. The summed E-state index contributed by atoms with van der Waals surface area (Å²) in [6, 6.07) is 15.2. The number of nitrogens with one attached hydrogen (secondary N) is 1. The number of rotatable bonds is 9. The third kappa shape index (κ3) is 5.80. The molecular formula is C30H33Cl2N3O4S. The molecule has 1 saturated carbocycles. The molecule has 1 aliphatic carbocycles. The number of amides is 2. The molecule has 5 rings (SSSR count). The normalized spacial score (nSPS) is 17.1. The second kappa shape index (κ2) is 12.0. The largest absolute Gasteiger partial charge is 0.352 e. The van der Waals surface area contributed by atoms with Crippen molar-refractivity contribution in [3.63, 3.8) is 0 Å². The molecule has 2 aliphatic rings. The van der Waals surface area contributed by atoms with Crippen LogP contribution in [0.3, 0.4) is 0 Å². The van der Waals surface area contributed by atoms with Gasteiger partial charge in [-0.3, -0.25) is 13.9 Å². The van der Waals surface area contributed by atoms with Gasteiger partial charge in [-0.05, 0) is 61.4 Å². The van der Waals surface area contributed by atoms with Crippen LogP contribution in [0.4, 0.5) is 5.69 Å². The number of hydrogen-bond acceptors (Lipinski definition) is 4. The van der Waals surface area contributed by atoms with Crippen molar-refractivity contribution in [3.8, 4) is 0 Å². The zero-order valence-corrected chi connectivity index (χ0v) is 24.7. The number of carbonyl (C=O) groups is 2. The van der Waals surface area contributed by atoms with Crippen molar-refractivity contribution in [1.29, 1.82) is 0 Å². The third-order valence-corrected chi connectivity index (χ3v) is 10.4. The fraction of sp³-hybridized carbons (Fsp3) is 0.400. The molecule has 0 bridgehead atoms. The molecule has 40 heavy (non-hydrogen) atoms. The van der Waals surface area contributed by atoms with Gasteiger partial charge >= 0.3 is 0 Å². The van der Waals surface area contributed by atoms with E-state index in [1.165, 1.54) is 15.6 Å². The highest BCUT2D eigenvalue weighted by molar-refractivity contribution is 7.93. The highest BCUT2D eigenvalue weighted by Crippen LogP contribution is 2.42. The van der Waals surface area contributed by atoms with E-state index in [1.807, 2.05) is 18.2 Å². The highest BCUT2D eigenvalue weighted by Gasteiger charge is 2.35. The van der Waals surface area contributed by atoms with E-state index in [0.717, 1.165) is 31.1 Å². The number of halogens is 2. The molecular weight excluding hydrogens is 569 g/mol. The average Bonchev–Trinajstić information content (AvgIpc) is 3.16. The smallest absolute Gasteiger partial charge is 0.265 e. The maximum Gasteiger partial charge on any atom is 0.265 e. The van der Waals surface area contributed by atoms with E-state index < -0.39 is 16.1 Å². The van der Waals surface area contributed by atoms with Crippen LogP contribution in [-0.2, 0) is 26.2 Å². The van der Waals surface area contributed by atoms with Gasteiger partial charge in [-0.25, -0.2) is 8.42 Å².